The standard InChI is InChI=1S/C47H73N5O11S/c1-4-6-8-10-12-14-16-18-20-22-24-26-32-61-44(54)41-42(45(55)62-33-27-25-23-21-19-17-15-13-11-9-7-5-2)50(49-48-41)36-47(3)43(51-39(53)34-40(51)64(47,59)60)46(56)63-35-37-28-30-38(31-29-37)52(57)58/h28-31,40,43H,4-27,32-36H2,1-3H3/t40-,43-,47-/m0/s1. The fourth-order valence-electron chi connectivity index (χ4n) is 8.63. The molecule has 0 bridgehead atoms. The number of sulfone groups is 1. The Morgan fingerprint density at radius 3 is 1.62 bits per heavy atom. The molecule has 0 unspecified atom stereocenters. The van der Waals surface area contributed by atoms with Crippen molar-refractivity contribution >= 4 is 39.3 Å². The molecule has 0 N–H and O–H groups in total. The van der Waals surface area contributed by atoms with Gasteiger partial charge in [0.1, 0.15) is 16.7 Å². The zero-order chi connectivity index (χ0) is 46.4. The quantitative estimate of drug-likeness (QED) is 0.0160. The van der Waals surface area contributed by atoms with Crippen molar-refractivity contribution in [3.8, 4) is 0 Å². The van der Waals surface area contributed by atoms with Crippen LogP contribution in [0.15, 0.2) is 24.3 Å². The van der Waals surface area contributed by atoms with Gasteiger partial charge < -0.3 is 19.1 Å². The van der Waals surface area contributed by atoms with Gasteiger partial charge in [-0.2, -0.15) is 0 Å². The molecule has 0 saturated carbocycles. The van der Waals surface area contributed by atoms with Crippen LogP contribution in [0.1, 0.15) is 208 Å². The maximum absolute atomic E-state index is 14.2. The van der Waals surface area contributed by atoms with Crippen molar-refractivity contribution in [1.29, 1.82) is 0 Å². The largest absolute Gasteiger partial charge is 0.461 e. The topological polar surface area (TPSA) is 207 Å². The first-order valence-corrected chi connectivity index (χ1v) is 25.6. The fourth-order valence-corrected chi connectivity index (χ4v) is 11.0. The number of amides is 1. The van der Waals surface area contributed by atoms with E-state index in [1.165, 1.54) is 128 Å². The minimum atomic E-state index is -4.31. The van der Waals surface area contributed by atoms with Crippen molar-refractivity contribution in [1.82, 2.24) is 19.9 Å². The first-order valence-electron chi connectivity index (χ1n) is 24.1. The summed E-state index contributed by atoms with van der Waals surface area (Å²) in [6, 6.07) is 3.64. The lowest BCUT2D eigenvalue weighted by atomic mass is 9.96. The number of non-ortho nitro benzene ring substituents is 1. The number of aromatic nitrogens is 3. The lowest BCUT2D eigenvalue weighted by molar-refractivity contribution is -0.384. The van der Waals surface area contributed by atoms with Crippen LogP contribution in [0.4, 0.5) is 5.69 Å². The summed E-state index contributed by atoms with van der Waals surface area (Å²) >= 11 is 0. The molecule has 1 aromatic carbocycles. The molecule has 16 nitrogen and oxygen atoms in total. The van der Waals surface area contributed by atoms with Crippen molar-refractivity contribution in [2.24, 2.45) is 0 Å². The molecule has 4 rings (SSSR count). The molecule has 2 saturated heterocycles. The molecule has 2 aliphatic heterocycles. The molecule has 0 aliphatic carbocycles. The Hall–Kier alpha value is -4.41. The number of hydrogen-bond acceptors (Lipinski definition) is 13. The highest BCUT2D eigenvalue weighted by Gasteiger charge is 2.70. The second kappa shape index (κ2) is 27.2. The van der Waals surface area contributed by atoms with Gasteiger partial charge in [0, 0.05) is 12.1 Å². The number of rotatable bonds is 34. The van der Waals surface area contributed by atoms with Gasteiger partial charge in [0.05, 0.1) is 31.1 Å². The zero-order valence-corrected chi connectivity index (χ0v) is 39.4. The van der Waals surface area contributed by atoms with E-state index in [9.17, 15) is 37.7 Å². The number of fused-ring (bicyclic) bond motifs is 1. The van der Waals surface area contributed by atoms with Gasteiger partial charge in [0.25, 0.3) is 5.69 Å². The van der Waals surface area contributed by atoms with Gasteiger partial charge >= 0.3 is 17.9 Å². The van der Waals surface area contributed by atoms with Crippen molar-refractivity contribution < 1.29 is 46.7 Å². The summed E-state index contributed by atoms with van der Waals surface area (Å²) in [5.41, 5.74) is -0.612. The summed E-state index contributed by atoms with van der Waals surface area (Å²) in [5.74, 6) is -3.46. The van der Waals surface area contributed by atoms with E-state index in [1.807, 2.05) is 0 Å². The molecule has 3 atom stereocenters. The number of benzene rings is 1. The van der Waals surface area contributed by atoms with Gasteiger partial charge in [-0.25, -0.2) is 27.5 Å². The van der Waals surface area contributed by atoms with Crippen LogP contribution in [0, 0.1) is 10.1 Å². The van der Waals surface area contributed by atoms with Crippen LogP contribution in [-0.4, -0.2) is 86.4 Å². The Bertz CT molecular complexity index is 1900. The van der Waals surface area contributed by atoms with Gasteiger partial charge in [-0.15, -0.1) is 5.10 Å². The predicted octanol–water partition coefficient (Wildman–Crippen LogP) is 9.76. The third-order valence-electron chi connectivity index (χ3n) is 12.6. The number of β-lactam (4-membered cyclic amide) rings is 1. The maximum atomic E-state index is 14.2. The first-order chi connectivity index (χ1) is 30.9. The molecule has 3 heterocycles. The highest BCUT2D eigenvalue weighted by Crippen LogP contribution is 2.47. The number of esters is 3. The SMILES string of the molecule is CCCCCCCCCCCCCCOC(=O)c1nnn(C[C@@]2(C)[C@H](C(=O)OCc3ccc([N+](=O)[O-])cc3)N3C(=O)C[C@@H]3S2(=O)=O)c1C(=O)OCCCCCCCCCCCCCC. The molecule has 1 amide bonds. The summed E-state index contributed by atoms with van der Waals surface area (Å²) < 4.78 is 43.9. The van der Waals surface area contributed by atoms with Gasteiger partial charge in [-0.1, -0.05) is 160 Å². The summed E-state index contributed by atoms with van der Waals surface area (Å²) in [6.45, 7) is 4.85. The third-order valence-corrected chi connectivity index (χ3v) is 15.4. The Morgan fingerprint density at radius 2 is 1.17 bits per heavy atom. The maximum Gasteiger partial charge on any atom is 0.361 e. The number of carbonyl (C=O) groups excluding carboxylic acids is 4. The molecule has 1 aromatic heterocycles. The Morgan fingerprint density at radius 1 is 0.719 bits per heavy atom. The van der Waals surface area contributed by atoms with Crippen LogP contribution >= 0.6 is 0 Å². The monoisotopic (exact) mass is 916 g/mol. The fraction of sp³-hybridized carbons (Fsp3) is 0.745. The number of nitro benzene ring substituents is 1. The number of carbonyl (C=O) groups is 4. The van der Waals surface area contributed by atoms with E-state index in [4.69, 9.17) is 14.2 Å². The third kappa shape index (κ3) is 14.8. The Balaban J connectivity index is 1.40. The van der Waals surface area contributed by atoms with Crippen LogP contribution in [0.25, 0.3) is 0 Å². The van der Waals surface area contributed by atoms with Crippen molar-refractivity contribution in [3.05, 3.63) is 51.3 Å². The number of hydrogen-bond donors (Lipinski definition) is 0. The van der Waals surface area contributed by atoms with E-state index in [0.29, 0.717) is 18.4 Å². The van der Waals surface area contributed by atoms with Gasteiger partial charge in [0.15, 0.2) is 21.6 Å². The number of ether oxygens (including phenoxy) is 3. The van der Waals surface area contributed by atoms with Crippen LogP contribution in [-0.2, 0) is 46.8 Å². The molecule has 2 aliphatic rings. The predicted molar refractivity (Wildman–Crippen MR) is 242 cm³/mol. The van der Waals surface area contributed by atoms with E-state index in [-0.39, 0.29) is 31.9 Å². The van der Waals surface area contributed by atoms with Gasteiger partial charge in [-0.3, -0.25) is 14.9 Å². The number of nitro groups is 1. The van der Waals surface area contributed by atoms with Crippen molar-refractivity contribution in [2.45, 2.75) is 211 Å². The van der Waals surface area contributed by atoms with Crippen LogP contribution in [0.2, 0.25) is 0 Å². The Labute approximate surface area is 380 Å². The average Bonchev–Trinajstić information content (AvgIpc) is 3.75. The molecule has 17 heteroatoms. The first kappa shape index (κ1) is 52.2. The smallest absolute Gasteiger partial charge is 0.361 e. The lowest BCUT2D eigenvalue weighted by Crippen LogP contribution is -2.58. The molecular weight excluding hydrogens is 843 g/mol. The molecule has 358 valence electrons. The molecule has 2 aromatic rings. The van der Waals surface area contributed by atoms with Crippen LogP contribution in [0.5, 0.6) is 0 Å². The van der Waals surface area contributed by atoms with Crippen molar-refractivity contribution in [2.75, 3.05) is 13.2 Å². The summed E-state index contributed by atoms with van der Waals surface area (Å²) in [6.07, 6.45) is 26.8. The lowest BCUT2D eigenvalue weighted by Gasteiger charge is -2.36. The molecule has 2 fully saturated rings. The van der Waals surface area contributed by atoms with Gasteiger partial charge in [0.2, 0.25) is 11.6 Å². The van der Waals surface area contributed by atoms with E-state index in [1.54, 1.807) is 0 Å². The highest BCUT2D eigenvalue weighted by atomic mass is 32.2. The molecule has 64 heavy (non-hydrogen) atoms. The number of nitrogens with zero attached hydrogens (tertiary/aromatic N) is 5. The minimum absolute atomic E-state index is 0.0479. The van der Waals surface area contributed by atoms with Crippen molar-refractivity contribution in [3.63, 3.8) is 0 Å². The van der Waals surface area contributed by atoms with Gasteiger partial charge in [-0.05, 0) is 37.5 Å². The number of unbranched alkanes of at least 4 members (excludes halogenated alkanes) is 22. The summed E-state index contributed by atoms with van der Waals surface area (Å²) in [7, 11) is -4.31. The average molecular weight is 916 g/mol. The summed E-state index contributed by atoms with van der Waals surface area (Å²) in [5, 5.41) is 17.8. The normalized spacial score (nSPS) is 18.7. The van der Waals surface area contributed by atoms with Crippen LogP contribution in [0.3, 0.4) is 0 Å². The zero-order valence-electron chi connectivity index (χ0n) is 38.6. The minimum Gasteiger partial charge on any atom is -0.461 e. The van der Waals surface area contributed by atoms with E-state index >= 15 is 0 Å². The van der Waals surface area contributed by atoms with E-state index < -0.39 is 72.7 Å². The second-order valence-corrected chi connectivity index (χ2v) is 20.3. The highest BCUT2D eigenvalue weighted by molar-refractivity contribution is 7.93. The van der Waals surface area contributed by atoms with Crippen LogP contribution < -0.4 is 0 Å². The molecular formula is C47H73N5O11S. The summed E-state index contributed by atoms with van der Waals surface area (Å²) in [4.78, 5) is 65.5. The molecule has 0 spiro atoms. The molecule has 0 radical (unpaired) electrons. The van der Waals surface area contributed by atoms with E-state index in [0.717, 1.165) is 54.5 Å². The van der Waals surface area contributed by atoms with E-state index in [2.05, 4.69) is 24.2 Å². The Kier molecular flexibility index (Phi) is 22.2. The second-order valence-electron chi connectivity index (χ2n) is 17.7.